The van der Waals surface area contributed by atoms with Crippen molar-refractivity contribution >= 4 is 5.91 Å². The number of aromatic nitrogens is 1. The molecule has 1 saturated heterocycles. The summed E-state index contributed by atoms with van der Waals surface area (Å²) in [5.74, 6) is 0.836. The molecule has 1 fully saturated rings. The van der Waals surface area contributed by atoms with Gasteiger partial charge in [0.25, 0.3) is 0 Å². The van der Waals surface area contributed by atoms with Gasteiger partial charge in [-0.2, -0.15) is 0 Å². The summed E-state index contributed by atoms with van der Waals surface area (Å²) in [6.07, 6.45) is 5.51. The van der Waals surface area contributed by atoms with Crippen LogP contribution in [0.5, 0.6) is 0 Å². The van der Waals surface area contributed by atoms with Crippen LogP contribution in [0, 0.1) is 5.92 Å². The highest BCUT2D eigenvalue weighted by Crippen LogP contribution is 2.20. The number of amides is 1. The van der Waals surface area contributed by atoms with E-state index in [2.05, 4.69) is 27.8 Å². The Labute approximate surface area is 132 Å². The predicted octanol–water partition coefficient (Wildman–Crippen LogP) is 1.58. The van der Waals surface area contributed by atoms with Crippen LogP contribution in [-0.4, -0.2) is 60.2 Å². The average Bonchev–Trinajstić information content (AvgIpc) is 3.15. The molecule has 0 N–H and O–H groups in total. The lowest BCUT2D eigenvalue weighted by Gasteiger charge is -2.25. The second kappa shape index (κ2) is 7.29. The zero-order valence-electron chi connectivity index (χ0n) is 13.5. The van der Waals surface area contributed by atoms with Crippen LogP contribution in [0.4, 0.5) is 0 Å². The second-order valence-electron chi connectivity index (χ2n) is 6.56. The summed E-state index contributed by atoms with van der Waals surface area (Å²) in [7, 11) is 1.76. The number of hydrogen-bond acceptors (Lipinski definition) is 3. The normalized spacial score (nSPS) is 22.6. The molecule has 22 heavy (non-hydrogen) atoms. The van der Waals surface area contributed by atoms with Crippen LogP contribution in [0.15, 0.2) is 18.3 Å². The van der Waals surface area contributed by atoms with Crippen LogP contribution in [0.1, 0.15) is 25.0 Å². The maximum Gasteiger partial charge on any atom is 0.236 e. The Kier molecular flexibility index (Phi) is 5.16. The molecule has 2 aliphatic heterocycles. The molecule has 1 unspecified atom stereocenters. The van der Waals surface area contributed by atoms with Crippen molar-refractivity contribution in [1.82, 2.24) is 14.4 Å². The van der Waals surface area contributed by atoms with Gasteiger partial charge in [0.15, 0.2) is 0 Å². The zero-order valence-corrected chi connectivity index (χ0v) is 13.5. The lowest BCUT2D eigenvalue weighted by Crippen LogP contribution is -2.40. The molecule has 1 aromatic rings. The third kappa shape index (κ3) is 3.70. The van der Waals surface area contributed by atoms with Crippen molar-refractivity contribution in [2.24, 2.45) is 5.92 Å². The fourth-order valence-corrected chi connectivity index (χ4v) is 3.61. The van der Waals surface area contributed by atoms with E-state index in [1.807, 2.05) is 4.90 Å². The highest BCUT2D eigenvalue weighted by Gasteiger charge is 2.25. The smallest absolute Gasteiger partial charge is 0.236 e. The van der Waals surface area contributed by atoms with E-state index < -0.39 is 0 Å². The summed E-state index contributed by atoms with van der Waals surface area (Å²) in [5, 5.41) is 0. The third-order valence-corrected chi connectivity index (χ3v) is 4.83. The standard InChI is InChI=1S/C17H27N3O2/c1-22-10-6-15-11-18(13-16-5-4-9-20(16)12-15)14-17(21)19-7-2-3-8-19/h4-5,9,15H,2-3,6-8,10-14H2,1H3. The first-order valence-corrected chi connectivity index (χ1v) is 8.39. The van der Waals surface area contributed by atoms with Gasteiger partial charge < -0.3 is 14.2 Å². The van der Waals surface area contributed by atoms with Crippen LogP contribution in [-0.2, 0) is 22.6 Å². The molecule has 0 spiro atoms. The van der Waals surface area contributed by atoms with Crippen molar-refractivity contribution in [2.75, 3.05) is 39.9 Å². The molecule has 2 aliphatic rings. The van der Waals surface area contributed by atoms with Gasteiger partial charge in [-0.3, -0.25) is 9.69 Å². The van der Waals surface area contributed by atoms with Crippen molar-refractivity contribution in [3.8, 4) is 0 Å². The summed E-state index contributed by atoms with van der Waals surface area (Å²) in [4.78, 5) is 16.8. The van der Waals surface area contributed by atoms with E-state index in [4.69, 9.17) is 4.74 Å². The highest BCUT2D eigenvalue weighted by molar-refractivity contribution is 5.78. The van der Waals surface area contributed by atoms with Gasteiger partial charge in [-0.05, 0) is 37.3 Å². The molecule has 1 amide bonds. The molecule has 3 heterocycles. The van der Waals surface area contributed by atoms with Gasteiger partial charge in [-0.1, -0.05) is 0 Å². The molecule has 1 aromatic heterocycles. The lowest BCUT2D eigenvalue weighted by atomic mass is 10.1. The second-order valence-corrected chi connectivity index (χ2v) is 6.56. The molecule has 1 atom stereocenters. The first-order valence-electron chi connectivity index (χ1n) is 8.39. The summed E-state index contributed by atoms with van der Waals surface area (Å²) < 4.78 is 7.58. The van der Waals surface area contributed by atoms with Crippen molar-refractivity contribution in [1.29, 1.82) is 0 Å². The molecule has 0 aliphatic carbocycles. The fraction of sp³-hybridized carbons (Fsp3) is 0.706. The number of ether oxygens (including phenoxy) is 1. The van der Waals surface area contributed by atoms with Crippen LogP contribution >= 0.6 is 0 Å². The van der Waals surface area contributed by atoms with Crippen LogP contribution in [0.2, 0.25) is 0 Å². The van der Waals surface area contributed by atoms with Gasteiger partial charge in [0.05, 0.1) is 6.54 Å². The Morgan fingerprint density at radius 1 is 1.32 bits per heavy atom. The Bertz CT molecular complexity index is 494. The van der Waals surface area contributed by atoms with Gasteiger partial charge in [0.2, 0.25) is 5.91 Å². The van der Waals surface area contributed by atoms with Crippen molar-refractivity contribution in [3.05, 3.63) is 24.0 Å². The first-order chi connectivity index (χ1) is 10.8. The van der Waals surface area contributed by atoms with Crippen LogP contribution < -0.4 is 0 Å². The number of methoxy groups -OCH3 is 1. The Morgan fingerprint density at radius 2 is 2.14 bits per heavy atom. The lowest BCUT2D eigenvalue weighted by molar-refractivity contribution is -0.131. The minimum atomic E-state index is 0.294. The minimum Gasteiger partial charge on any atom is -0.385 e. The van der Waals surface area contributed by atoms with Gasteiger partial charge >= 0.3 is 0 Å². The zero-order chi connectivity index (χ0) is 15.4. The largest absolute Gasteiger partial charge is 0.385 e. The molecule has 0 aromatic carbocycles. The Balaban J connectivity index is 1.65. The monoisotopic (exact) mass is 305 g/mol. The van der Waals surface area contributed by atoms with E-state index >= 15 is 0 Å². The summed E-state index contributed by atoms with van der Waals surface area (Å²) >= 11 is 0. The molecule has 0 bridgehead atoms. The van der Waals surface area contributed by atoms with E-state index in [0.717, 1.165) is 58.6 Å². The number of carbonyl (C=O) groups is 1. The molecule has 5 nitrogen and oxygen atoms in total. The first kappa shape index (κ1) is 15.6. The number of nitrogens with zero attached hydrogens (tertiary/aromatic N) is 3. The SMILES string of the molecule is COCCC1CN(CC(=O)N2CCCC2)Cc2cccn2C1. The third-order valence-electron chi connectivity index (χ3n) is 4.83. The number of likely N-dealkylation sites (tertiary alicyclic amines) is 1. The average molecular weight is 305 g/mol. The van der Waals surface area contributed by atoms with E-state index in [9.17, 15) is 4.79 Å². The fourth-order valence-electron chi connectivity index (χ4n) is 3.61. The molecule has 5 heteroatoms. The summed E-state index contributed by atoms with van der Waals surface area (Å²) in [6.45, 7) is 6.09. The number of rotatable bonds is 5. The van der Waals surface area contributed by atoms with Crippen molar-refractivity contribution < 1.29 is 9.53 Å². The van der Waals surface area contributed by atoms with Gasteiger partial charge in [0.1, 0.15) is 0 Å². The Hall–Kier alpha value is -1.33. The summed E-state index contributed by atoms with van der Waals surface area (Å²) in [5.41, 5.74) is 1.31. The highest BCUT2D eigenvalue weighted by atomic mass is 16.5. The molecular weight excluding hydrogens is 278 g/mol. The van der Waals surface area contributed by atoms with Crippen molar-refractivity contribution in [2.45, 2.75) is 32.4 Å². The maximum absolute atomic E-state index is 12.4. The molecular formula is C17H27N3O2. The number of hydrogen-bond donors (Lipinski definition) is 0. The van der Waals surface area contributed by atoms with E-state index in [1.165, 1.54) is 5.69 Å². The minimum absolute atomic E-state index is 0.294. The number of fused-ring (bicyclic) bond motifs is 1. The molecule has 3 rings (SSSR count). The molecule has 122 valence electrons. The van der Waals surface area contributed by atoms with Gasteiger partial charge in [-0.15, -0.1) is 0 Å². The quantitative estimate of drug-likeness (QED) is 0.829. The molecule has 0 radical (unpaired) electrons. The number of carbonyl (C=O) groups excluding carboxylic acids is 1. The van der Waals surface area contributed by atoms with Crippen LogP contribution in [0.25, 0.3) is 0 Å². The molecule has 0 saturated carbocycles. The van der Waals surface area contributed by atoms with E-state index in [0.29, 0.717) is 18.4 Å². The van der Waals surface area contributed by atoms with E-state index in [1.54, 1.807) is 7.11 Å². The predicted molar refractivity (Wildman–Crippen MR) is 85.5 cm³/mol. The van der Waals surface area contributed by atoms with E-state index in [-0.39, 0.29) is 0 Å². The Morgan fingerprint density at radius 3 is 2.91 bits per heavy atom. The van der Waals surface area contributed by atoms with Gasteiger partial charge in [-0.25, -0.2) is 0 Å². The van der Waals surface area contributed by atoms with Gasteiger partial charge in [0, 0.05) is 58.3 Å². The topological polar surface area (TPSA) is 37.7 Å². The maximum atomic E-state index is 12.4. The summed E-state index contributed by atoms with van der Waals surface area (Å²) in [6, 6.07) is 4.28. The van der Waals surface area contributed by atoms with Crippen molar-refractivity contribution in [3.63, 3.8) is 0 Å². The van der Waals surface area contributed by atoms with Crippen LogP contribution in [0.3, 0.4) is 0 Å².